The van der Waals surface area contributed by atoms with Gasteiger partial charge in [0.05, 0.1) is 0 Å². The van der Waals surface area contributed by atoms with Gasteiger partial charge in [0.1, 0.15) is 0 Å². The van der Waals surface area contributed by atoms with E-state index in [1.54, 1.807) is 36.7 Å². The van der Waals surface area contributed by atoms with Crippen molar-refractivity contribution in [1.82, 2.24) is 15.3 Å². The van der Waals surface area contributed by atoms with Crippen molar-refractivity contribution in [3.8, 4) is 11.1 Å². The summed E-state index contributed by atoms with van der Waals surface area (Å²) in [4.78, 5) is 21.3. The fourth-order valence-electron chi connectivity index (χ4n) is 3.04. The molecule has 0 aliphatic carbocycles. The van der Waals surface area contributed by atoms with Crippen molar-refractivity contribution >= 4 is 29.1 Å². The molecule has 1 amide bonds. The number of nitrogens with zero attached hydrogens (tertiary/aromatic N) is 2. The van der Waals surface area contributed by atoms with Gasteiger partial charge in [-0.25, -0.2) is 9.97 Å². The van der Waals surface area contributed by atoms with Gasteiger partial charge in [-0.15, -0.1) is 0 Å². The third-order valence-corrected chi connectivity index (χ3v) is 5.04. The third kappa shape index (κ3) is 5.47. The summed E-state index contributed by atoms with van der Waals surface area (Å²) in [6, 6.07) is 22.8. The van der Waals surface area contributed by atoms with E-state index >= 15 is 0 Å². The van der Waals surface area contributed by atoms with Crippen LogP contribution in [0.2, 0.25) is 5.02 Å². The Morgan fingerprint density at radius 2 is 1.61 bits per heavy atom. The molecule has 154 valence electrons. The normalized spacial score (nSPS) is 10.5. The van der Waals surface area contributed by atoms with E-state index < -0.39 is 0 Å². The van der Waals surface area contributed by atoms with Gasteiger partial charge in [0.15, 0.2) is 0 Å². The molecule has 0 aliphatic heterocycles. The van der Waals surface area contributed by atoms with Crippen molar-refractivity contribution in [3.05, 3.63) is 107 Å². The highest BCUT2D eigenvalue weighted by molar-refractivity contribution is 6.30. The first-order valence-electron chi connectivity index (χ1n) is 9.86. The lowest BCUT2D eigenvalue weighted by atomic mass is 10.1. The zero-order valence-corrected chi connectivity index (χ0v) is 17.7. The Labute approximate surface area is 186 Å². The topological polar surface area (TPSA) is 66.9 Å². The van der Waals surface area contributed by atoms with E-state index in [1.165, 1.54) is 5.56 Å². The first-order chi connectivity index (χ1) is 15.1. The molecule has 5 nitrogen and oxygen atoms in total. The van der Waals surface area contributed by atoms with Gasteiger partial charge in [0, 0.05) is 40.8 Å². The number of rotatable bonds is 6. The lowest BCUT2D eigenvalue weighted by molar-refractivity contribution is 0.0951. The fourth-order valence-corrected chi connectivity index (χ4v) is 3.17. The fraction of sp³-hybridized carbons (Fsp3) is 0.0800. The van der Waals surface area contributed by atoms with Crippen LogP contribution in [0, 0.1) is 6.92 Å². The Hall–Kier alpha value is -3.70. The number of carbonyl (C=O) groups is 1. The zero-order chi connectivity index (χ0) is 21.6. The van der Waals surface area contributed by atoms with E-state index in [-0.39, 0.29) is 5.91 Å². The molecule has 1 heterocycles. The molecule has 0 bridgehead atoms. The van der Waals surface area contributed by atoms with Gasteiger partial charge in [-0.3, -0.25) is 4.79 Å². The highest BCUT2D eigenvalue weighted by Gasteiger charge is 2.07. The monoisotopic (exact) mass is 428 g/mol. The minimum atomic E-state index is -0.158. The van der Waals surface area contributed by atoms with Crippen LogP contribution in [0.25, 0.3) is 11.1 Å². The molecule has 2 N–H and O–H groups in total. The summed E-state index contributed by atoms with van der Waals surface area (Å²) in [5.74, 6) is 0.309. The second-order valence-corrected chi connectivity index (χ2v) is 7.61. The van der Waals surface area contributed by atoms with Gasteiger partial charge in [-0.2, -0.15) is 0 Å². The summed E-state index contributed by atoms with van der Waals surface area (Å²) in [7, 11) is 0. The molecular weight excluding hydrogens is 408 g/mol. The summed E-state index contributed by atoms with van der Waals surface area (Å²) in [5, 5.41) is 6.73. The minimum absolute atomic E-state index is 0.158. The average Bonchev–Trinajstić information content (AvgIpc) is 2.80. The third-order valence-electron chi connectivity index (χ3n) is 4.78. The molecule has 4 rings (SSSR count). The molecule has 1 aromatic heterocycles. The van der Waals surface area contributed by atoms with E-state index in [2.05, 4.69) is 39.7 Å². The van der Waals surface area contributed by atoms with Crippen molar-refractivity contribution in [2.75, 3.05) is 5.32 Å². The van der Waals surface area contributed by atoms with Gasteiger partial charge < -0.3 is 10.6 Å². The molecule has 4 aromatic rings. The largest absolute Gasteiger partial charge is 0.348 e. The molecule has 0 saturated carbocycles. The minimum Gasteiger partial charge on any atom is -0.348 e. The molecule has 0 radical (unpaired) electrons. The van der Waals surface area contributed by atoms with Gasteiger partial charge in [-0.05, 0) is 48.4 Å². The maximum absolute atomic E-state index is 12.5. The van der Waals surface area contributed by atoms with Crippen LogP contribution in [-0.4, -0.2) is 15.9 Å². The number of aryl methyl sites for hydroxylation is 1. The first-order valence-corrected chi connectivity index (χ1v) is 10.2. The Kier molecular flexibility index (Phi) is 6.24. The van der Waals surface area contributed by atoms with Gasteiger partial charge in [0.25, 0.3) is 5.91 Å². The molecular formula is C25H21ClN4O. The maximum atomic E-state index is 12.5. The van der Waals surface area contributed by atoms with E-state index in [0.717, 1.165) is 22.4 Å². The smallest absolute Gasteiger partial charge is 0.251 e. The Balaban J connectivity index is 1.40. The summed E-state index contributed by atoms with van der Waals surface area (Å²) >= 11 is 5.90. The Bertz CT molecular complexity index is 1170. The van der Waals surface area contributed by atoms with Crippen LogP contribution in [0.1, 0.15) is 21.5 Å². The summed E-state index contributed by atoms with van der Waals surface area (Å²) in [5.41, 5.74) is 5.49. The SMILES string of the molecule is Cc1ccc(-c2cnc(Nc3cccc(C(=O)NCc4ccc(Cl)cc4)c3)nc2)cc1. The predicted molar refractivity (Wildman–Crippen MR) is 125 cm³/mol. The van der Waals surface area contributed by atoms with E-state index in [0.29, 0.717) is 23.1 Å². The number of nitrogens with one attached hydrogen (secondary N) is 2. The summed E-state index contributed by atoms with van der Waals surface area (Å²) < 4.78 is 0. The van der Waals surface area contributed by atoms with Crippen molar-refractivity contribution in [3.63, 3.8) is 0 Å². The van der Waals surface area contributed by atoms with Crippen LogP contribution in [0.15, 0.2) is 85.2 Å². The maximum Gasteiger partial charge on any atom is 0.251 e. The number of amides is 1. The van der Waals surface area contributed by atoms with Crippen LogP contribution in [0.4, 0.5) is 11.6 Å². The van der Waals surface area contributed by atoms with E-state index in [1.807, 2.05) is 36.4 Å². The predicted octanol–water partition coefficient (Wildman–Crippen LogP) is 5.78. The molecule has 0 spiro atoms. The van der Waals surface area contributed by atoms with Crippen LogP contribution in [0.5, 0.6) is 0 Å². The zero-order valence-electron chi connectivity index (χ0n) is 17.0. The highest BCUT2D eigenvalue weighted by Crippen LogP contribution is 2.20. The van der Waals surface area contributed by atoms with Crippen molar-refractivity contribution in [2.24, 2.45) is 0 Å². The van der Waals surface area contributed by atoms with Gasteiger partial charge in [-0.1, -0.05) is 59.6 Å². The number of benzene rings is 3. The van der Waals surface area contributed by atoms with Crippen molar-refractivity contribution in [2.45, 2.75) is 13.5 Å². The standard InChI is InChI=1S/C25H21ClN4O/c1-17-5-9-19(10-6-17)21-15-28-25(29-16-21)30-23-4-2-3-20(13-23)24(31)27-14-18-7-11-22(26)12-8-18/h2-13,15-16H,14H2,1H3,(H,27,31)(H,28,29,30). The van der Waals surface area contributed by atoms with E-state index in [4.69, 9.17) is 11.6 Å². The second kappa shape index (κ2) is 9.41. The number of anilines is 2. The lowest BCUT2D eigenvalue weighted by Crippen LogP contribution is -2.22. The molecule has 0 unspecified atom stereocenters. The number of hydrogen-bond donors (Lipinski definition) is 2. The quantitative estimate of drug-likeness (QED) is 0.408. The van der Waals surface area contributed by atoms with Crippen molar-refractivity contribution in [1.29, 1.82) is 0 Å². The summed E-state index contributed by atoms with van der Waals surface area (Å²) in [6.07, 6.45) is 3.56. The molecule has 0 fully saturated rings. The Morgan fingerprint density at radius 1 is 0.903 bits per heavy atom. The van der Waals surface area contributed by atoms with Crippen molar-refractivity contribution < 1.29 is 4.79 Å². The molecule has 0 aliphatic rings. The average molecular weight is 429 g/mol. The van der Waals surface area contributed by atoms with Gasteiger partial charge in [0.2, 0.25) is 5.95 Å². The summed E-state index contributed by atoms with van der Waals surface area (Å²) in [6.45, 7) is 2.48. The molecule has 0 saturated heterocycles. The number of halogens is 1. The van der Waals surface area contributed by atoms with Gasteiger partial charge >= 0.3 is 0 Å². The van der Waals surface area contributed by atoms with Crippen LogP contribution in [-0.2, 0) is 6.54 Å². The highest BCUT2D eigenvalue weighted by atomic mass is 35.5. The molecule has 3 aromatic carbocycles. The molecule has 31 heavy (non-hydrogen) atoms. The molecule has 6 heteroatoms. The number of aromatic nitrogens is 2. The molecule has 0 atom stereocenters. The van der Waals surface area contributed by atoms with Crippen LogP contribution < -0.4 is 10.6 Å². The Morgan fingerprint density at radius 3 is 2.32 bits per heavy atom. The first kappa shape index (κ1) is 20.6. The van der Waals surface area contributed by atoms with Crippen LogP contribution >= 0.6 is 11.6 Å². The number of carbonyl (C=O) groups excluding carboxylic acids is 1. The second-order valence-electron chi connectivity index (χ2n) is 7.18. The lowest BCUT2D eigenvalue weighted by Gasteiger charge is -2.09. The van der Waals surface area contributed by atoms with Crippen LogP contribution in [0.3, 0.4) is 0 Å². The van der Waals surface area contributed by atoms with E-state index in [9.17, 15) is 4.79 Å². The number of hydrogen-bond acceptors (Lipinski definition) is 4.